The Morgan fingerprint density at radius 1 is 1.41 bits per heavy atom. The fourth-order valence-electron chi connectivity index (χ4n) is 1.48. The molecule has 1 aromatic rings. The number of nitrogens with one attached hydrogen (secondary N) is 1. The molecule has 5 heteroatoms. The Morgan fingerprint density at radius 3 is 2.71 bits per heavy atom. The van der Waals surface area contributed by atoms with Gasteiger partial charge in [0.2, 0.25) is 5.91 Å². The molecule has 0 atom stereocenters. The number of hydrogen-bond donors (Lipinski definition) is 1. The molecule has 0 unspecified atom stereocenters. The molecule has 0 aromatic heterocycles. The quantitative estimate of drug-likeness (QED) is 0.894. The van der Waals surface area contributed by atoms with Crippen LogP contribution in [0.4, 0.5) is 0 Å². The molecule has 1 aromatic carbocycles. The van der Waals surface area contributed by atoms with Crippen molar-refractivity contribution in [1.29, 1.82) is 0 Å². The molecule has 0 fully saturated rings. The SMILES string of the molecule is CCCC(=O)NCc1cc(Cl)cc(Cl)c1OC. The first-order valence-electron chi connectivity index (χ1n) is 5.37. The van der Waals surface area contributed by atoms with Gasteiger partial charge in [-0.1, -0.05) is 30.1 Å². The summed E-state index contributed by atoms with van der Waals surface area (Å²) in [4.78, 5) is 11.4. The lowest BCUT2D eigenvalue weighted by Gasteiger charge is -2.11. The Hall–Kier alpha value is -0.930. The minimum atomic E-state index is 0.00523. The smallest absolute Gasteiger partial charge is 0.220 e. The van der Waals surface area contributed by atoms with E-state index in [0.717, 1.165) is 12.0 Å². The molecule has 17 heavy (non-hydrogen) atoms. The minimum absolute atomic E-state index is 0.00523. The number of carbonyl (C=O) groups is 1. The molecule has 0 aliphatic rings. The first kappa shape index (κ1) is 14.1. The lowest BCUT2D eigenvalue weighted by atomic mass is 10.2. The zero-order valence-electron chi connectivity index (χ0n) is 9.85. The maximum Gasteiger partial charge on any atom is 0.220 e. The van der Waals surface area contributed by atoms with Gasteiger partial charge in [-0.3, -0.25) is 4.79 Å². The molecule has 1 amide bonds. The summed E-state index contributed by atoms with van der Waals surface area (Å²) in [7, 11) is 1.53. The molecule has 0 spiro atoms. The lowest BCUT2D eigenvalue weighted by Crippen LogP contribution is -2.22. The van der Waals surface area contributed by atoms with Crippen molar-refractivity contribution in [2.75, 3.05) is 7.11 Å². The third kappa shape index (κ3) is 4.10. The van der Waals surface area contributed by atoms with Crippen LogP contribution in [0.25, 0.3) is 0 Å². The Kier molecular flexibility index (Phi) is 5.59. The number of hydrogen-bond acceptors (Lipinski definition) is 2. The van der Waals surface area contributed by atoms with Crippen molar-refractivity contribution in [1.82, 2.24) is 5.32 Å². The summed E-state index contributed by atoms with van der Waals surface area (Å²) in [6.07, 6.45) is 1.33. The van der Waals surface area contributed by atoms with Gasteiger partial charge in [0.15, 0.2) is 0 Å². The first-order valence-corrected chi connectivity index (χ1v) is 6.12. The Bertz CT molecular complexity index is 408. The highest BCUT2D eigenvalue weighted by Gasteiger charge is 2.10. The molecule has 0 aliphatic carbocycles. The molecule has 0 saturated carbocycles. The number of methoxy groups -OCH3 is 1. The fourth-order valence-corrected chi connectivity index (χ4v) is 2.10. The largest absolute Gasteiger partial charge is 0.495 e. The summed E-state index contributed by atoms with van der Waals surface area (Å²) >= 11 is 11.9. The van der Waals surface area contributed by atoms with Gasteiger partial charge in [-0.25, -0.2) is 0 Å². The van der Waals surface area contributed by atoms with Gasteiger partial charge in [-0.2, -0.15) is 0 Å². The number of benzene rings is 1. The molecular formula is C12H15Cl2NO2. The average molecular weight is 276 g/mol. The third-order valence-corrected chi connectivity index (χ3v) is 2.74. The zero-order chi connectivity index (χ0) is 12.8. The second kappa shape index (κ2) is 6.72. The zero-order valence-corrected chi connectivity index (χ0v) is 11.4. The summed E-state index contributed by atoms with van der Waals surface area (Å²) in [5.74, 6) is 0.554. The van der Waals surface area contributed by atoms with Gasteiger partial charge in [0, 0.05) is 23.6 Å². The van der Waals surface area contributed by atoms with Crippen molar-refractivity contribution >= 4 is 29.1 Å². The van der Waals surface area contributed by atoms with E-state index < -0.39 is 0 Å². The molecular weight excluding hydrogens is 261 g/mol. The monoisotopic (exact) mass is 275 g/mol. The molecule has 0 radical (unpaired) electrons. The van der Waals surface area contributed by atoms with Crippen LogP contribution in [0.2, 0.25) is 10.0 Å². The number of ether oxygens (including phenoxy) is 1. The maximum absolute atomic E-state index is 11.4. The molecule has 0 aliphatic heterocycles. The number of halogens is 2. The van der Waals surface area contributed by atoms with Gasteiger partial charge >= 0.3 is 0 Å². The second-order valence-electron chi connectivity index (χ2n) is 3.61. The molecule has 0 bridgehead atoms. The van der Waals surface area contributed by atoms with Gasteiger partial charge in [-0.05, 0) is 18.6 Å². The topological polar surface area (TPSA) is 38.3 Å². The first-order chi connectivity index (χ1) is 8.08. The van der Waals surface area contributed by atoms with Gasteiger partial charge in [0.1, 0.15) is 5.75 Å². The molecule has 1 rings (SSSR count). The number of amides is 1. The van der Waals surface area contributed by atoms with Gasteiger partial charge < -0.3 is 10.1 Å². The average Bonchev–Trinajstić information content (AvgIpc) is 2.26. The normalized spacial score (nSPS) is 10.1. The van der Waals surface area contributed by atoms with E-state index in [-0.39, 0.29) is 5.91 Å². The van der Waals surface area contributed by atoms with Crippen LogP contribution in [0.5, 0.6) is 5.75 Å². The molecule has 1 N–H and O–H groups in total. The van der Waals surface area contributed by atoms with Crippen LogP contribution in [0.1, 0.15) is 25.3 Å². The van der Waals surface area contributed by atoms with Crippen molar-refractivity contribution in [2.45, 2.75) is 26.3 Å². The van der Waals surface area contributed by atoms with Crippen molar-refractivity contribution in [2.24, 2.45) is 0 Å². The van der Waals surface area contributed by atoms with Crippen LogP contribution >= 0.6 is 23.2 Å². The maximum atomic E-state index is 11.4. The lowest BCUT2D eigenvalue weighted by molar-refractivity contribution is -0.121. The van der Waals surface area contributed by atoms with Crippen molar-refractivity contribution in [3.05, 3.63) is 27.7 Å². The molecule has 3 nitrogen and oxygen atoms in total. The van der Waals surface area contributed by atoms with E-state index in [2.05, 4.69) is 5.32 Å². The van der Waals surface area contributed by atoms with E-state index in [1.165, 1.54) is 7.11 Å². The van der Waals surface area contributed by atoms with Crippen LogP contribution in [-0.4, -0.2) is 13.0 Å². The van der Waals surface area contributed by atoms with Gasteiger partial charge in [0.25, 0.3) is 0 Å². The number of rotatable bonds is 5. The Balaban J connectivity index is 2.79. The van der Waals surface area contributed by atoms with Crippen molar-refractivity contribution in [3.8, 4) is 5.75 Å². The fraction of sp³-hybridized carbons (Fsp3) is 0.417. The summed E-state index contributed by atoms with van der Waals surface area (Å²) in [5.41, 5.74) is 0.773. The van der Waals surface area contributed by atoms with E-state index in [4.69, 9.17) is 27.9 Å². The molecule has 94 valence electrons. The van der Waals surface area contributed by atoms with E-state index in [9.17, 15) is 4.79 Å². The predicted octanol–water partition coefficient (Wildman–Crippen LogP) is 3.42. The molecule has 0 saturated heterocycles. The van der Waals surface area contributed by atoms with Gasteiger partial charge in [0.05, 0.1) is 12.1 Å². The van der Waals surface area contributed by atoms with Crippen LogP contribution in [0, 0.1) is 0 Å². The summed E-state index contributed by atoms with van der Waals surface area (Å²) in [5, 5.41) is 3.76. The van der Waals surface area contributed by atoms with Crippen LogP contribution < -0.4 is 10.1 Å². The Labute approximate surface area is 111 Å². The highest BCUT2D eigenvalue weighted by molar-refractivity contribution is 6.35. The Morgan fingerprint density at radius 2 is 2.12 bits per heavy atom. The van der Waals surface area contributed by atoms with Crippen LogP contribution in [0.15, 0.2) is 12.1 Å². The molecule has 0 heterocycles. The van der Waals surface area contributed by atoms with Crippen molar-refractivity contribution < 1.29 is 9.53 Å². The van der Waals surface area contributed by atoms with E-state index in [0.29, 0.717) is 28.8 Å². The summed E-state index contributed by atoms with van der Waals surface area (Å²) < 4.78 is 5.18. The summed E-state index contributed by atoms with van der Waals surface area (Å²) in [6.45, 7) is 2.32. The highest BCUT2D eigenvalue weighted by atomic mass is 35.5. The third-order valence-electron chi connectivity index (χ3n) is 2.24. The van der Waals surface area contributed by atoms with Crippen LogP contribution in [0.3, 0.4) is 0 Å². The van der Waals surface area contributed by atoms with E-state index in [1.54, 1.807) is 12.1 Å². The van der Waals surface area contributed by atoms with E-state index in [1.807, 2.05) is 6.92 Å². The second-order valence-corrected chi connectivity index (χ2v) is 4.45. The van der Waals surface area contributed by atoms with E-state index >= 15 is 0 Å². The van der Waals surface area contributed by atoms with Crippen molar-refractivity contribution in [3.63, 3.8) is 0 Å². The van der Waals surface area contributed by atoms with Gasteiger partial charge in [-0.15, -0.1) is 0 Å². The number of carbonyl (C=O) groups excluding carboxylic acids is 1. The summed E-state index contributed by atoms with van der Waals surface area (Å²) in [6, 6.07) is 3.35. The predicted molar refractivity (Wildman–Crippen MR) is 69.8 cm³/mol. The highest BCUT2D eigenvalue weighted by Crippen LogP contribution is 2.32. The standard InChI is InChI=1S/C12H15Cl2NO2/c1-3-4-11(16)15-7-8-5-9(13)6-10(14)12(8)17-2/h5-6H,3-4,7H2,1-2H3,(H,15,16). The van der Waals surface area contributed by atoms with Crippen LogP contribution in [-0.2, 0) is 11.3 Å². The minimum Gasteiger partial charge on any atom is -0.495 e.